The molecule has 0 aromatic heterocycles. The van der Waals surface area contributed by atoms with Crippen molar-refractivity contribution in [2.75, 3.05) is 6.79 Å². The van der Waals surface area contributed by atoms with Gasteiger partial charge >= 0.3 is 0 Å². The number of carbonyl (C=O) groups excluding carboxylic acids is 1. The number of carbonyl (C=O) groups is 1. The number of ether oxygens (including phenoxy) is 3. The first-order valence-electron chi connectivity index (χ1n) is 4.77. The van der Waals surface area contributed by atoms with Gasteiger partial charge in [-0.15, -0.1) is 0 Å². The van der Waals surface area contributed by atoms with Crippen LogP contribution >= 0.6 is 11.6 Å². The Labute approximate surface area is 98.1 Å². The maximum absolute atomic E-state index is 11.1. The molecule has 0 radical (unpaired) electrons. The summed E-state index contributed by atoms with van der Waals surface area (Å²) in [5.74, 6) is 1.79. The smallest absolute Gasteiger partial charge is 0.264 e. The Morgan fingerprint density at radius 2 is 2.06 bits per heavy atom. The van der Waals surface area contributed by atoms with Crippen molar-refractivity contribution in [1.29, 1.82) is 0 Å². The average molecular weight is 243 g/mol. The van der Waals surface area contributed by atoms with Crippen molar-refractivity contribution in [2.45, 2.75) is 19.4 Å². The molecular formula is C11H11ClO4. The highest BCUT2D eigenvalue weighted by Gasteiger charge is 2.28. The zero-order chi connectivity index (χ0) is 11.8. The van der Waals surface area contributed by atoms with Gasteiger partial charge in [-0.3, -0.25) is 4.79 Å². The van der Waals surface area contributed by atoms with Gasteiger partial charge in [-0.2, -0.15) is 0 Å². The summed E-state index contributed by atoms with van der Waals surface area (Å²) in [4.78, 5) is 11.1. The van der Waals surface area contributed by atoms with E-state index in [1.165, 1.54) is 0 Å². The van der Waals surface area contributed by atoms with Gasteiger partial charge in [0.05, 0.1) is 0 Å². The van der Waals surface area contributed by atoms with Crippen molar-refractivity contribution in [3.8, 4) is 17.2 Å². The summed E-state index contributed by atoms with van der Waals surface area (Å²) in [5.41, 5.74) is -1.06. The summed E-state index contributed by atoms with van der Waals surface area (Å²) in [7, 11) is 0. The fraction of sp³-hybridized carbons (Fsp3) is 0.364. The van der Waals surface area contributed by atoms with E-state index in [4.69, 9.17) is 25.8 Å². The van der Waals surface area contributed by atoms with E-state index in [9.17, 15) is 4.79 Å². The van der Waals surface area contributed by atoms with Crippen molar-refractivity contribution in [3.63, 3.8) is 0 Å². The quantitative estimate of drug-likeness (QED) is 0.764. The van der Waals surface area contributed by atoms with Crippen LogP contribution in [0, 0.1) is 0 Å². The van der Waals surface area contributed by atoms with E-state index in [0.29, 0.717) is 17.2 Å². The van der Waals surface area contributed by atoms with Crippen LogP contribution in [0.25, 0.3) is 0 Å². The molecule has 0 bridgehead atoms. The van der Waals surface area contributed by atoms with Gasteiger partial charge in [-0.25, -0.2) is 0 Å². The van der Waals surface area contributed by atoms with Crippen molar-refractivity contribution in [1.82, 2.24) is 0 Å². The molecule has 0 N–H and O–H groups in total. The molecule has 1 heterocycles. The van der Waals surface area contributed by atoms with Gasteiger partial charge in [0.25, 0.3) is 5.24 Å². The van der Waals surface area contributed by atoms with Crippen LogP contribution in [0.1, 0.15) is 13.8 Å². The van der Waals surface area contributed by atoms with Crippen LogP contribution in [-0.4, -0.2) is 17.6 Å². The number of fused-ring (bicyclic) bond motifs is 1. The third-order valence-corrected chi connectivity index (χ3v) is 2.65. The molecule has 0 saturated heterocycles. The molecule has 1 aliphatic rings. The second-order valence-electron chi connectivity index (χ2n) is 3.90. The molecule has 4 nitrogen and oxygen atoms in total. The van der Waals surface area contributed by atoms with E-state index in [2.05, 4.69) is 0 Å². The van der Waals surface area contributed by atoms with Crippen LogP contribution in [0.5, 0.6) is 17.2 Å². The van der Waals surface area contributed by atoms with Crippen molar-refractivity contribution >= 4 is 16.8 Å². The highest BCUT2D eigenvalue weighted by molar-refractivity contribution is 6.65. The van der Waals surface area contributed by atoms with Gasteiger partial charge in [0.15, 0.2) is 17.1 Å². The van der Waals surface area contributed by atoms with Crippen molar-refractivity contribution in [2.24, 2.45) is 0 Å². The summed E-state index contributed by atoms with van der Waals surface area (Å²) in [6.07, 6.45) is 0. The van der Waals surface area contributed by atoms with E-state index in [1.54, 1.807) is 32.0 Å². The second kappa shape index (κ2) is 3.87. The summed E-state index contributed by atoms with van der Waals surface area (Å²) in [6.45, 7) is 3.41. The largest absolute Gasteiger partial charge is 0.479 e. The van der Waals surface area contributed by atoms with Crippen LogP contribution in [-0.2, 0) is 4.79 Å². The Kier molecular flexibility index (Phi) is 2.68. The van der Waals surface area contributed by atoms with E-state index in [0.717, 1.165) is 0 Å². The molecule has 16 heavy (non-hydrogen) atoms. The third kappa shape index (κ3) is 2.07. The van der Waals surface area contributed by atoms with E-state index >= 15 is 0 Å². The maximum atomic E-state index is 11.1. The molecule has 0 spiro atoms. The minimum absolute atomic E-state index is 0.205. The van der Waals surface area contributed by atoms with E-state index in [1.807, 2.05) is 0 Å². The summed E-state index contributed by atoms with van der Waals surface area (Å²) >= 11 is 5.42. The first-order valence-corrected chi connectivity index (χ1v) is 5.15. The Morgan fingerprint density at radius 3 is 2.75 bits per heavy atom. The summed E-state index contributed by atoms with van der Waals surface area (Å²) in [5, 5.41) is -0.551. The third-order valence-electron chi connectivity index (χ3n) is 2.19. The van der Waals surface area contributed by atoms with Crippen LogP contribution in [0.2, 0.25) is 0 Å². The molecule has 0 unspecified atom stereocenters. The molecule has 86 valence electrons. The SMILES string of the molecule is CC(C)(Oc1ccc2c(c1)OCO2)C(=O)Cl. The first kappa shape index (κ1) is 11.1. The molecule has 1 aromatic carbocycles. The zero-order valence-corrected chi connectivity index (χ0v) is 9.71. The van der Waals surface area contributed by atoms with Gasteiger partial charge < -0.3 is 14.2 Å². The Bertz CT molecular complexity index is 428. The molecule has 0 aliphatic carbocycles. The minimum Gasteiger partial charge on any atom is -0.479 e. The number of benzene rings is 1. The normalized spacial score (nSPS) is 13.7. The molecule has 5 heteroatoms. The number of hydrogen-bond donors (Lipinski definition) is 0. The Balaban J connectivity index is 2.20. The number of hydrogen-bond acceptors (Lipinski definition) is 4. The predicted molar refractivity (Wildman–Crippen MR) is 58.1 cm³/mol. The van der Waals surface area contributed by atoms with Crippen LogP contribution in [0.3, 0.4) is 0 Å². The van der Waals surface area contributed by atoms with Crippen molar-refractivity contribution in [3.05, 3.63) is 18.2 Å². The Morgan fingerprint density at radius 1 is 1.38 bits per heavy atom. The molecule has 0 fully saturated rings. The topological polar surface area (TPSA) is 44.8 Å². The maximum Gasteiger partial charge on any atom is 0.264 e. The minimum atomic E-state index is -1.06. The van der Waals surface area contributed by atoms with Crippen LogP contribution < -0.4 is 14.2 Å². The monoisotopic (exact) mass is 242 g/mol. The lowest BCUT2D eigenvalue weighted by Crippen LogP contribution is -2.34. The number of halogens is 1. The van der Waals surface area contributed by atoms with E-state index < -0.39 is 10.8 Å². The van der Waals surface area contributed by atoms with Crippen LogP contribution in [0.15, 0.2) is 18.2 Å². The highest BCUT2D eigenvalue weighted by Crippen LogP contribution is 2.36. The fourth-order valence-corrected chi connectivity index (χ4v) is 1.31. The molecule has 1 aliphatic heterocycles. The molecule has 1 aromatic rings. The molecule has 0 saturated carbocycles. The van der Waals surface area contributed by atoms with Crippen LogP contribution in [0.4, 0.5) is 0 Å². The van der Waals surface area contributed by atoms with Gasteiger partial charge in [0, 0.05) is 6.07 Å². The zero-order valence-electron chi connectivity index (χ0n) is 8.95. The number of rotatable bonds is 3. The summed E-state index contributed by atoms with van der Waals surface area (Å²) < 4.78 is 15.8. The van der Waals surface area contributed by atoms with Gasteiger partial charge in [-0.05, 0) is 37.6 Å². The van der Waals surface area contributed by atoms with Gasteiger partial charge in [-0.1, -0.05) is 0 Å². The molecular weight excluding hydrogens is 232 g/mol. The van der Waals surface area contributed by atoms with E-state index in [-0.39, 0.29) is 6.79 Å². The molecule has 2 rings (SSSR count). The Hall–Kier alpha value is -1.42. The average Bonchev–Trinajstić information content (AvgIpc) is 2.63. The molecule has 0 atom stereocenters. The predicted octanol–water partition coefficient (Wildman–Crippen LogP) is 2.34. The summed E-state index contributed by atoms with van der Waals surface area (Å²) in [6, 6.07) is 5.10. The van der Waals surface area contributed by atoms with Crippen molar-refractivity contribution < 1.29 is 19.0 Å². The second-order valence-corrected chi connectivity index (χ2v) is 4.24. The fourth-order valence-electron chi connectivity index (χ4n) is 1.28. The lowest BCUT2D eigenvalue weighted by Gasteiger charge is -2.21. The lowest BCUT2D eigenvalue weighted by atomic mass is 10.1. The lowest BCUT2D eigenvalue weighted by molar-refractivity contribution is -0.123. The first-order chi connectivity index (χ1) is 7.49. The van der Waals surface area contributed by atoms with Gasteiger partial charge in [0.2, 0.25) is 6.79 Å². The molecule has 0 amide bonds. The standard InChI is InChI=1S/C11H11ClO4/c1-11(2,10(12)13)16-7-3-4-8-9(5-7)15-6-14-8/h3-5H,6H2,1-2H3. The highest BCUT2D eigenvalue weighted by atomic mass is 35.5. The van der Waals surface area contributed by atoms with Gasteiger partial charge in [0.1, 0.15) is 5.75 Å².